The lowest BCUT2D eigenvalue weighted by molar-refractivity contribution is 0.102. The van der Waals surface area contributed by atoms with Gasteiger partial charge in [-0.15, -0.1) is 0 Å². The molecule has 0 unspecified atom stereocenters. The molecule has 0 atom stereocenters. The van der Waals surface area contributed by atoms with Crippen LogP contribution in [-0.4, -0.2) is 12.0 Å². The number of rotatable bonds is 4. The number of hydrogen-bond donors (Lipinski definition) is 2. The number of anilines is 2. The normalized spacial score (nSPS) is 10.5. The average molecular weight is 284 g/mol. The number of nitrogen functional groups attached to an aromatic ring is 1. The molecule has 2 aromatic carbocycles. The summed E-state index contributed by atoms with van der Waals surface area (Å²) in [5.74, 6) is 0.577. The van der Waals surface area contributed by atoms with Crippen molar-refractivity contribution in [1.82, 2.24) is 0 Å². The SMILES string of the molecule is Cc1cc(OC(C)C)ccc1NC(=O)c1ccccc1N. The summed E-state index contributed by atoms with van der Waals surface area (Å²) in [5.41, 5.74) is 8.44. The van der Waals surface area contributed by atoms with E-state index < -0.39 is 0 Å². The molecule has 0 aliphatic heterocycles. The number of ether oxygens (including phenoxy) is 1. The molecule has 4 nitrogen and oxygen atoms in total. The smallest absolute Gasteiger partial charge is 0.257 e. The van der Waals surface area contributed by atoms with Gasteiger partial charge >= 0.3 is 0 Å². The van der Waals surface area contributed by atoms with Gasteiger partial charge in [0.15, 0.2) is 0 Å². The molecule has 4 heteroatoms. The Labute approximate surface area is 124 Å². The van der Waals surface area contributed by atoms with E-state index in [2.05, 4.69) is 5.32 Å². The first-order chi connectivity index (χ1) is 9.97. The fraction of sp³-hybridized carbons (Fsp3) is 0.235. The summed E-state index contributed by atoms with van der Waals surface area (Å²) in [5, 5.41) is 2.87. The number of nitrogens with one attached hydrogen (secondary N) is 1. The molecule has 3 N–H and O–H groups in total. The van der Waals surface area contributed by atoms with E-state index in [1.807, 2.05) is 39.0 Å². The Bertz CT molecular complexity index is 651. The molecule has 0 aliphatic carbocycles. The molecule has 0 saturated carbocycles. The van der Waals surface area contributed by atoms with E-state index in [4.69, 9.17) is 10.5 Å². The molecule has 0 aliphatic rings. The zero-order chi connectivity index (χ0) is 15.4. The highest BCUT2D eigenvalue weighted by Gasteiger charge is 2.11. The van der Waals surface area contributed by atoms with Crippen LogP contribution in [0.15, 0.2) is 42.5 Å². The zero-order valence-corrected chi connectivity index (χ0v) is 12.5. The highest BCUT2D eigenvalue weighted by atomic mass is 16.5. The standard InChI is InChI=1S/C17H20N2O2/c1-11(2)21-13-8-9-16(12(3)10-13)19-17(20)14-6-4-5-7-15(14)18/h4-11H,18H2,1-3H3,(H,19,20). The van der Waals surface area contributed by atoms with Crippen molar-refractivity contribution in [2.24, 2.45) is 0 Å². The van der Waals surface area contributed by atoms with E-state index in [0.29, 0.717) is 11.3 Å². The molecule has 0 heterocycles. The molecule has 110 valence electrons. The van der Waals surface area contributed by atoms with Gasteiger partial charge in [0.2, 0.25) is 0 Å². The molecule has 0 aromatic heterocycles. The summed E-state index contributed by atoms with van der Waals surface area (Å²) < 4.78 is 5.63. The van der Waals surface area contributed by atoms with Crippen molar-refractivity contribution >= 4 is 17.3 Å². The molecule has 2 rings (SSSR count). The Balaban J connectivity index is 2.17. The minimum absolute atomic E-state index is 0.119. The predicted molar refractivity (Wildman–Crippen MR) is 85.8 cm³/mol. The summed E-state index contributed by atoms with van der Waals surface area (Å²) in [6.45, 7) is 5.88. The Morgan fingerprint density at radius 1 is 1.19 bits per heavy atom. The van der Waals surface area contributed by atoms with Gasteiger partial charge in [-0.3, -0.25) is 4.79 Å². The number of amides is 1. The lowest BCUT2D eigenvalue weighted by atomic mass is 10.1. The van der Waals surface area contributed by atoms with Crippen molar-refractivity contribution in [3.63, 3.8) is 0 Å². The van der Waals surface area contributed by atoms with E-state index in [9.17, 15) is 4.79 Å². The summed E-state index contributed by atoms with van der Waals surface area (Å²) in [6.07, 6.45) is 0.119. The van der Waals surface area contributed by atoms with Gasteiger partial charge in [0, 0.05) is 11.4 Å². The third-order valence-electron chi connectivity index (χ3n) is 3.02. The fourth-order valence-corrected chi connectivity index (χ4v) is 2.02. The number of carbonyl (C=O) groups is 1. The highest BCUT2D eigenvalue weighted by molar-refractivity contribution is 6.08. The van der Waals surface area contributed by atoms with E-state index in [0.717, 1.165) is 17.0 Å². The van der Waals surface area contributed by atoms with Crippen molar-refractivity contribution in [2.45, 2.75) is 26.9 Å². The monoisotopic (exact) mass is 284 g/mol. The molecular weight excluding hydrogens is 264 g/mol. The molecular formula is C17H20N2O2. The molecule has 1 amide bonds. The summed E-state index contributed by atoms with van der Waals surface area (Å²) in [4.78, 5) is 12.2. The second kappa shape index (κ2) is 6.31. The number of para-hydroxylation sites is 1. The lowest BCUT2D eigenvalue weighted by Gasteiger charge is -2.13. The molecule has 21 heavy (non-hydrogen) atoms. The predicted octanol–water partition coefficient (Wildman–Crippen LogP) is 3.62. The van der Waals surface area contributed by atoms with Gasteiger partial charge in [-0.2, -0.15) is 0 Å². The van der Waals surface area contributed by atoms with Crippen molar-refractivity contribution in [2.75, 3.05) is 11.1 Å². The number of aryl methyl sites for hydroxylation is 1. The fourth-order valence-electron chi connectivity index (χ4n) is 2.02. The van der Waals surface area contributed by atoms with Crippen molar-refractivity contribution in [3.05, 3.63) is 53.6 Å². The number of hydrogen-bond acceptors (Lipinski definition) is 3. The molecule has 0 saturated heterocycles. The molecule has 0 bridgehead atoms. The van der Waals surface area contributed by atoms with Gasteiger partial charge in [-0.25, -0.2) is 0 Å². The van der Waals surface area contributed by atoms with E-state index >= 15 is 0 Å². The van der Waals surface area contributed by atoms with Crippen molar-refractivity contribution in [3.8, 4) is 5.75 Å². The third kappa shape index (κ3) is 3.75. The van der Waals surface area contributed by atoms with Crippen LogP contribution in [0, 0.1) is 6.92 Å². The number of benzene rings is 2. The first kappa shape index (κ1) is 14.9. The maximum atomic E-state index is 12.2. The van der Waals surface area contributed by atoms with Crippen LogP contribution in [0.5, 0.6) is 5.75 Å². The Hall–Kier alpha value is -2.49. The highest BCUT2D eigenvalue weighted by Crippen LogP contribution is 2.23. The summed E-state index contributed by atoms with van der Waals surface area (Å²) >= 11 is 0. The molecule has 0 spiro atoms. The van der Waals surface area contributed by atoms with Gasteiger partial charge in [0.1, 0.15) is 5.75 Å². The Morgan fingerprint density at radius 2 is 1.90 bits per heavy atom. The van der Waals surface area contributed by atoms with Crippen LogP contribution in [0.1, 0.15) is 29.8 Å². The van der Waals surface area contributed by atoms with Crippen molar-refractivity contribution in [1.29, 1.82) is 0 Å². The largest absolute Gasteiger partial charge is 0.491 e. The van der Waals surface area contributed by atoms with Crippen LogP contribution in [-0.2, 0) is 0 Å². The molecule has 0 fully saturated rings. The van der Waals surface area contributed by atoms with Gasteiger partial charge in [-0.1, -0.05) is 12.1 Å². The molecule has 2 aromatic rings. The Morgan fingerprint density at radius 3 is 2.52 bits per heavy atom. The van der Waals surface area contributed by atoms with Gasteiger partial charge in [-0.05, 0) is 56.7 Å². The van der Waals surface area contributed by atoms with Crippen LogP contribution >= 0.6 is 0 Å². The topological polar surface area (TPSA) is 64.3 Å². The van der Waals surface area contributed by atoms with E-state index in [1.54, 1.807) is 24.3 Å². The van der Waals surface area contributed by atoms with Crippen LogP contribution in [0.3, 0.4) is 0 Å². The van der Waals surface area contributed by atoms with Crippen LogP contribution in [0.4, 0.5) is 11.4 Å². The van der Waals surface area contributed by atoms with E-state index in [-0.39, 0.29) is 12.0 Å². The van der Waals surface area contributed by atoms with Crippen molar-refractivity contribution < 1.29 is 9.53 Å². The minimum Gasteiger partial charge on any atom is -0.491 e. The molecule has 0 radical (unpaired) electrons. The second-order valence-corrected chi connectivity index (χ2v) is 5.18. The van der Waals surface area contributed by atoms with Crippen LogP contribution in [0.25, 0.3) is 0 Å². The van der Waals surface area contributed by atoms with E-state index in [1.165, 1.54) is 0 Å². The lowest BCUT2D eigenvalue weighted by Crippen LogP contribution is -2.14. The van der Waals surface area contributed by atoms with Crippen LogP contribution in [0.2, 0.25) is 0 Å². The summed E-state index contributed by atoms with van der Waals surface area (Å²) in [6, 6.07) is 12.6. The second-order valence-electron chi connectivity index (χ2n) is 5.18. The number of nitrogens with two attached hydrogens (primary N) is 1. The van der Waals surface area contributed by atoms with Gasteiger partial charge in [0.05, 0.1) is 11.7 Å². The maximum Gasteiger partial charge on any atom is 0.257 e. The van der Waals surface area contributed by atoms with Gasteiger partial charge < -0.3 is 15.8 Å². The minimum atomic E-state index is -0.214. The number of carbonyl (C=O) groups excluding carboxylic acids is 1. The summed E-state index contributed by atoms with van der Waals surface area (Å²) in [7, 11) is 0. The maximum absolute atomic E-state index is 12.2. The average Bonchev–Trinajstić information content (AvgIpc) is 2.41. The first-order valence-electron chi connectivity index (χ1n) is 6.90. The zero-order valence-electron chi connectivity index (χ0n) is 12.5. The quantitative estimate of drug-likeness (QED) is 0.843. The Kier molecular flexibility index (Phi) is 4.48. The first-order valence-corrected chi connectivity index (χ1v) is 6.90. The third-order valence-corrected chi connectivity index (χ3v) is 3.02. The van der Waals surface area contributed by atoms with Crippen LogP contribution < -0.4 is 15.8 Å². The van der Waals surface area contributed by atoms with Gasteiger partial charge in [0.25, 0.3) is 5.91 Å².